The second-order valence-electron chi connectivity index (χ2n) is 7.11. The molecule has 0 bridgehead atoms. The predicted molar refractivity (Wildman–Crippen MR) is 119 cm³/mol. The van der Waals surface area contributed by atoms with Crippen molar-refractivity contribution in [1.82, 2.24) is 9.99 Å². The number of aryl methyl sites for hydroxylation is 1. The highest BCUT2D eigenvalue weighted by molar-refractivity contribution is 5.90. The van der Waals surface area contributed by atoms with Crippen LogP contribution in [0, 0.1) is 13.8 Å². The summed E-state index contributed by atoms with van der Waals surface area (Å²) >= 11 is 0. The van der Waals surface area contributed by atoms with Crippen molar-refractivity contribution in [3.63, 3.8) is 0 Å². The summed E-state index contributed by atoms with van der Waals surface area (Å²) in [7, 11) is 0. The van der Waals surface area contributed by atoms with Gasteiger partial charge in [-0.25, -0.2) is 5.43 Å². The third-order valence-electron chi connectivity index (χ3n) is 5.11. The van der Waals surface area contributed by atoms with Crippen molar-refractivity contribution in [1.29, 1.82) is 0 Å². The van der Waals surface area contributed by atoms with Gasteiger partial charge in [0, 0.05) is 22.6 Å². The van der Waals surface area contributed by atoms with Crippen LogP contribution in [0.4, 0.5) is 0 Å². The molecule has 29 heavy (non-hydrogen) atoms. The second kappa shape index (κ2) is 8.15. The Kier molecular flexibility index (Phi) is 5.25. The molecule has 4 heteroatoms. The van der Waals surface area contributed by atoms with Gasteiger partial charge in [0.15, 0.2) is 0 Å². The Labute approximate surface area is 170 Å². The summed E-state index contributed by atoms with van der Waals surface area (Å²) in [5, 5.41) is 6.42. The second-order valence-corrected chi connectivity index (χ2v) is 7.11. The fourth-order valence-corrected chi connectivity index (χ4v) is 3.73. The summed E-state index contributed by atoms with van der Waals surface area (Å²) in [6.07, 6.45) is 2.00. The highest BCUT2D eigenvalue weighted by atomic mass is 16.2. The van der Waals surface area contributed by atoms with Gasteiger partial charge in [0.1, 0.15) is 0 Å². The van der Waals surface area contributed by atoms with Gasteiger partial charge in [-0.3, -0.25) is 4.79 Å². The number of nitrogens with zero attached hydrogens (tertiary/aromatic N) is 2. The first-order chi connectivity index (χ1) is 14.1. The molecule has 1 aromatic heterocycles. The largest absolute Gasteiger partial charge is 0.318 e. The number of fused-ring (bicyclic) bond motifs is 1. The Balaban J connectivity index is 1.47. The summed E-state index contributed by atoms with van der Waals surface area (Å²) in [4.78, 5) is 12.4. The number of hydrogen-bond donors (Lipinski definition) is 1. The van der Waals surface area contributed by atoms with Crippen molar-refractivity contribution in [2.24, 2.45) is 5.10 Å². The fourth-order valence-electron chi connectivity index (χ4n) is 3.73. The topological polar surface area (TPSA) is 46.4 Å². The smallest absolute Gasteiger partial charge is 0.244 e. The Morgan fingerprint density at radius 3 is 2.52 bits per heavy atom. The van der Waals surface area contributed by atoms with E-state index in [1.165, 1.54) is 0 Å². The van der Waals surface area contributed by atoms with E-state index in [2.05, 4.69) is 59.3 Å². The maximum absolute atomic E-state index is 12.4. The minimum absolute atomic E-state index is 0.130. The van der Waals surface area contributed by atoms with Crippen LogP contribution in [0.2, 0.25) is 0 Å². The number of nitrogens with one attached hydrogen (secondary N) is 1. The van der Waals surface area contributed by atoms with Crippen molar-refractivity contribution < 1.29 is 4.79 Å². The molecule has 0 radical (unpaired) electrons. The molecular weight excluding hydrogens is 358 g/mol. The van der Waals surface area contributed by atoms with Crippen molar-refractivity contribution in [3.8, 4) is 5.69 Å². The summed E-state index contributed by atoms with van der Waals surface area (Å²) in [6, 6.07) is 26.4. The maximum Gasteiger partial charge on any atom is 0.244 e. The van der Waals surface area contributed by atoms with Crippen molar-refractivity contribution in [2.45, 2.75) is 20.3 Å². The zero-order valence-corrected chi connectivity index (χ0v) is 16.6. The van der Waals surface area contributed by atoms with Crippen LogP contribution < -0.4 is 5.43 Å². The molecule has 4 nitrogen and oxygen atoms in total. The number of para-hydroxylation sites is 1. The molecule has 3 aromatic carbocycles. The van der Waals surface area contributed by atoms with E-state index in [0.29, 0.717) is 6.42 Å². The molecule has 4 aromatic rings. The third-order valence-corrected chi connectivity index (χ3v) is 5.11. The normalized spacial score (nSPS) is 11.2. The van der Waals surface area contributed by atoms with Gasteiger partial charge in [-0.15, -0.1) is 0 Å². The lowest BCUT2D eigenvalue weighted by molar-refractivity contribution is -0.120. The third kappa shape index (κ3) is 3.97. The summed E-state index contributed by atoms with van der Waals surface area (Å²) in [5.41, 5.74) is 7.96. The van der Waals surface area contributed by atoms with Crippen LogP contribution in [0.3, 0.4) is 0 Å². The van der Waals surface area contributed by atoms with E-state index in [9.17, 15) is 4.79 Å². The van der Waals surface area contributed by atoms with E-state index in [0.717, 1.165) is 39.0 Å². The molecule has 0 atom stereocenters. The minimum Gasteiger partial charge on any atom is -0.318 e. The van der Waals surface area contributed by atoms with Gasteiger partial charge in [0.25, 0.3) is 0 Å². The van der Waals surface area contributed by atoms with E-state index in [1.54, 1.807) is 6.21 Å². The quantitative estimate of drug-likeness (QED) is 0.386. The monoisotopic (exact) mass is 381 g/mol. The Morgan fingerprint density at radius 2 is 1.69 bits per heavy atom. The minimum atomic E-state index is -0.130. The van der Waals surface area contributed by atoms with Gasteiger partial charge >= 0.3 is 0 Å². The number of hydrazone groups is 1. The van der Waals surface area contributed by atoms with Crippen LogP contribution in [-0.4, -0.2) is 16.7 Å². The zero-order chi connectivity index (χ0) is 20.2. The van der Waals surface area contributed by atoms with Gasteiger partial charge in [-0.05, 0) is 48.4 Å². The van der Waals surface area contributed by atoms with Crippen molar-refractivity contribution in [3.05, 3.63) is 101 Å². The summed E-state index contributed by atoms with van der Waals surface area (Å²) < 4.78 is 2.18. The van der Waals surface area contributed by atoms with Crippen LogP contribution >= 0.6 is 0 Å². The van der Waals surface area contributed by atoms with Gasteiger partial charge in [0.05, 0.1) is 12.6 Å². The first-order valence-corrected chi connectivity index (χ1v) is 9.66. The summed E-state index contributed by atoms with van der Waals surface area (Å²) in [5.74, 6) is -0.130. The molecule has 1 heterocycles. The molecule has 0 aliphatic carbocycles. The van der Waals surface area contributed by atoms with Crippen LogP contribution in [0.5, 0.6) is 0 Å². The molecule has 0 aliphatic heterocycles. The highest BCUT2D eigenvalue weighted by Gasteiger charge is 2.09. The predicted octanol–water partition coefficient (Wildman–Crippen LogP) is 4.94. The Bertz CT molecular complexity index is 1180. The van der Waals surface area contributed by atoms with Crippen LogP contribution in [0.1, 0.15) is 22.5 Å². The van der Waals surface area contributed by atoms with Crippen LogP contribution in [0.15, 0.2) is 84.0 Å². The number of amides is 1. The Hall–Kier alpha value is -3.66. The molecule has 0 spiro atoms. The SMILES string of the molecule is Cc1cc(/C=N/NC(=O)Cc2cccc3ccccc23)c(C)n1-c1ccccc1. The van der Waals surface area contributed by atoms with Gasteiger partial charge in [-0.1, -0.05) is 60.7 Å². The van der Waals surface area contributed by atoms with Crippen molar-refractivity contribution >= 4 is 22.9 Å². The van der Waals surface area contributed by atoms with E-state index in [-0.39, 0.29) is 5.91 Å². The molecule has 0 aliphatic rings. The average Bonchev–Trinajstić information content (AvgIpc) is 3.02. The van der Waals surface area contributed by atoms with E-state index in [1.807, 2.05) is 48.5 Å². The zero-order valence-electron chi connectivity index (χ0n) is 16.6. The maximum atomic E-state index is 12.4. The number of hydrogen-bond acceptors (Lipinski definition) is 2. The van der Waals surface area contributed by atoms with E-state index < -0.39 is 0 Å². The lowest BCUT2D eigenvalue weighted by Crippen LogP contribution is -2.19. The number of rotatable bonds is 5. The highest BCUT2D eigenvalue weighted by Crippen LogP contribution is 2.20. The molecule has 0 fully saturated rings. The van der Waals surface area contributed by atoms with Crippen LogP contribution in [0.25, 0.3) is 16.5 Å². The van der Waals surface area contributed by atoms with Gasteiger partial charge < -0.3 is 4.57 Å². The molecule has 144 valence electrons. The molecule has 1 N–H and O–H groups in total. The Morgan fingerprint density at radius 1 is 0.966 bits per heavy atom. The first kappa shape index (κ1) is 18.7. The standard InChI is InChI=1S/C25H23N3O/c1-18-15-22(19(2)28(18)23-12-4-3-5-13-23)17-26-27-25(29)16-21-11-8-10-20-9-6-7-14-24(20)21/h3-15,17H,16H2,1-2H3,(H,27,29)/b26-17+. The molecule has 0 saturated heterocycles. The van der Waals surface area contributed by atoms with Crippen molar-refractivity contribution in [2.75, 3.05) is 0 Å². The lowest BCUT2D eigenvalue weighted by Gasteiger charge is -2.09. The fraction of sp³-hybridized carbons (Fsp3) is 0.120. The first-order valence-electron chi connectivity index (χ1n) is 9.66. The lowest BCUT2D eigenvalue weighted by atomic mass is 10.0. The van der Waals surface area contributed by atoms with E-state index in [4.69, 9.17) is 0 Å². The number of carbonyl (C=O) groups is 1. The summed E-state index contributed by atoms with van der Waals surface area (Å²) in [6.45, 7) is 4.12. The number of aromatic nitrogens is 1. The average molecular weight is 381 g/mol. The molecule has 4 rings (SSSR count). The van der Waals surface area contributed by atoms with Crippen LogP contribution in [-0.2, 0) is 11.2 Å². The molecule has 0 unspecified atom stereocenters. The number of benzene rings is 3. The number of carbonyl (C=O) groups excluding carboxylic acids is 1. The van der Waals surface area contributed by atoms with E-state index >= 15 is 0 Å². The molecular formula is C25H23N3O. The molecule has 0 saturated carbocycles. The molecule has 1 amide bonds. The van der Waals surface area contributed by atoms with Gasteiger partial charge in [-0.2, -0.15) is 5.10 Å². The van der Waals surface area contributed by atoms with Gasteiger partial charge in [0.2, 0.25) is 5.91 Å².